The van der Waals surface area contributed by atoms with E-state index in [1.165, 1.54) is 14.0 Å². The van der Waals surface area contributed by atoms with Gasteiger partial charge in [0.2, 0.25) is 0 Å². The van der Waals surface area contributed by atoms with E-state index in [2.05, 4.69) is 6.58 Å². The highest BCUT2D eigenvalue weighted by Gasteiger charge is 2.52. The van der Waals surface area contributed by atoms with Gasteiger partial charge < -0.3 is 19.0 Å². The number of carbonyl (C=O) groups is 3. The number of hydrogen-bond acceptors (Lipinski definition) is 6. The molecule has 150 valence electrons. The highest BCUT2D eigenvalue weighted by atomic mass is 16.6. The Morgan fingerprint density at radius 3 is 2.67 bits per heavy atom. The van der Waals surface area contributed by atoms with Crippen LogP contribution in [0.25, 0.3) is 0 Å². The van der Waals surface area contributed by atoms with Crippen molar-refractivity contribution >= 4 is 17.7 Å². The number of carbonyl (C=O) groups excluding carboxylic acids is 3. The number of ketones is 1. The molecule has 0 aromatic heterocycles. The summed E-state index contributed by atoms with van der Waals surface area (Å²) in [7, 11) is 1.33. The van der Waals surface area contributed by atoms with E-state index in [-0.39, 0.29) is 29.4 Å². The predicted molar refractivity (Wildman–Crippen MR) is 99.9 cm³/mol. The number of methoxy groups -OCH3 is 1. The maximum absolute atomic E-state index is 11.8. The maximum Gasteiger partial charge on any atom is 0.333 e. The first-order chi connectivity index (χ1) is 12.6. The zero-order valence-corrected chi connectivity index (χ0v) is 16.7. The Bertz CT molecular complexity index is 651. The summed E-state index contributed by atoms with van der Waals surface area (Å²) in [5.41, 5.74) is -0.459. The lowest BCUT2D eigenvalue weighted by Crippen LogP contribution is -2.21. The van der Waals surface area contributed by atoms with Gasteiger partial charge in [0.1, 0.15) is 11.4 Å². The van der Waals surface area contributed by atoms with Crippen molar-refractivity contribution in [3.8, 4) is 0 Å². The zero-order valence-electron chi connectivity index (χ0n) is 16.7. The SMILES string of the molecule is C=C(C(=O)OC)[C@H](CCC(C)=O)C[C@@H]1O[C@@]1(C)C/C=C/[C@@]1(C)CCC(=O)O1. The van der Waals surface area contributed by atoms with Crippen molar-refractivity contribution in [2.45, 2.75) is 76.6 Å². The fourth-order valence-electron chi connectivity index (χ4n) is 3.51. The maximum atomic E-state index is 11.8. The molecule has 0 unspecified atom stereocenters. The Morgan fingerprint density at radius 2 is 2.11 bits per heavy atom. The van der Waals surface area contributed by atoms with E-state index in [1.807, 2.05) is 26.0 Å². The second kappa shape index (κ2) is 8.38. The second-order valence-electron chi connectivity index (χ2n) is 8.00. The third-order valence-corrected chi connectivity index (χ3v) is 5.49. The normalized spacial score (nSPS) is 30.8. The molecule has 2 saturated heterocycles. The summed E-state index contributed by atoms with van der Waals surface area (Å²) in [6, 6.07) is 0. The Morgan fingerprint density at radius 1 is 1.41 bits per heavy atom. The molecule has 2 aliphatic heterocycles. The van der Waals surface area contributed by atoms with Crippen LogP contribution in [-0.4, -0.2) is 42.1 Å². The van der Waals surface area contributed by atoms with Gasteiger partial charge in [-0.3, -0.25) is 4.79 Å². The van der Waals surface area contributed by atoms with Gasteiger partial charge in [-0.05, 0) is 52.0 Å². The van der Waals surface area contributed by atoms with Gasteiger partial charge in [-0.2, -0.15) is 0 Å². The molecule has 0 aliphatic carbocycles. The first-order valence-electron chi connectivity index (χ1n) is 9.42. The van der Waals surface area contributed by atoms with E-state index < -0.39 is 11.6 Å². The van der Waals surface area contributed by atoms with Gasteiger partial charge in [0.25, 0.3) is 0 Å². The van der Waals surface area contributed by atoms with Crippen molar-refractivity contribution in [1.29, 1.82) is 0 Å². The summed E-state index contributed by atoms with van der Waals surface area (Å²) in [5.74, 6) is -0.671. The van der Waals surface area contributed by atoms with Gasteiger partial charge in [-0.15, -0.1) is 0 Å². The van der Waals surface area contributed by atoms with E-state index >= 15 is 0 Å². The van der Waals surface area contributed by atoms with Gasteiger partial charge in [0.05, 0.1) is 18.8 Å². The molecule has 27 heavy (non-hydrogen) atoms. The molecule has 4 atom stereocenters. The molecular formula is C21H30O6. The quantitative estimate of drug-likeness (QED) is 0.251. The molecule has 0 amide bonds. The molecule has 2 fully saturated rings. The predicted octanol–water partition coefficient (Wildman–Crippen LogP) is 3.29. The molecular weight excluding hydrogens is 348 g/mol. The Kier molecular flexibility index (Phi) is 6.63. The van der Waals surface area contributed by atoms with E-state index in [4.69, 9.17) is 14.2 Å². The van der Waals surface area contributed by atoms with Gasteiger partial charge >= 0.3 is 11.9 Å². The van der Waals surface area contributed by atoms with Gasteiger partial charge in [-0.1, -0.05) is 12.7 Å². The smallest absolute Gasteiger partial charge is 0.333 e. The molecule has 0 saturated carbocycles. The van der Waals surface area contributed by atoms with Crippen LogP contribution in [0, 0.1) is 5.92 Å². The first kappa shape index (κ1) is 21.4. The third kappa shape index (κ3) is 5.76. The van der Waals surface area contributed by atoms with Crippen LogP contribution in [0.3, 0.4) is 0 Å². The number of Topliss-reactive ketones (excluding diaryl/α,β-unsaturated/α-hetero) is 1. The van der Waals surface area contributed by atoms with Crippen molar-refractivity contribution in [3.63, 3.8) is 0 Å². The van der Waals surface area contributed by atoms with Crippen molar-refractivity contribution in [2.24, 2.45) is 5.92 Å². The molecule has 0 aromatic rings. The van der Waals surface area contributed by atoms with Crippen LogP contribution in [0.4, 0.5) is 0 Å². The summed E-state index contributed by atoms with van der Waals surface area (Å²) in [5, 5.41) is 0. The van der Waals surface area contributed by atoms with E-state index in [0.29, 0.717) is 44.1 Å². The highest BCUT2D eigenvalue weighted by Crippen LogP contribution is 2.45. The fraction of sp³-hybridized carbons (Fsp3) is 0.667. The molecule has 0 N–H and O–H groups in total. The first-order valence-corrected chi connectivity index (χ1v) is 9.42. The standard InChI is InChI=1S/C21H30O6/c1-14(22)7-8-16(15(2)19(24)25-5)13-17-21(4,26-17)11-6-10-20(3)12-9-18(23)27-20/h6,10,16-17H,2,7-9,11-13H2,1,3-5H3/b10-6+/t16-,17+,20+,21+/m1/s1. The molecule has 2 aliphatic rings. The lowest BCUT2D eigenvalue weighted by molar-refractivity contribution is -0.144. The Hall–Kier alpha value is -1.95. The summed E-state index contributed by atoms with van der Waals surface area (Å²) >= 11 is 0. The van der Waals surface area contributed by atoms with Crippen molar-refractivity contribution in [1.82, 2.24) is 0 Å². The van der Waals surface area contributed by atoms with Crippen LogP contribution in [0.2, 0.25) is 0 Å². The van der Waals surface area contributed by atoms with E-state index in [1.54, 1.807) is 0 Å². The number of esters is 2. The molecule has 2 heterocycles. The van der Waals surface area contributed by atoms with Crippen LogP contribution < -0.4 is 0 Å². The molecule has 2 rings (SSSR count). The van der Waals surface area contributed by atoms with E-state index in [0.717, 1.165) is 0 Å². The number of cyclic esters (lactones) is 1. The monoisotopic (exact) mass is 378 g/mol. The van der Waals surface area contributed by atoms with Crippen LogP contribution >= 0.6 is 0 Å². The second-order valence-corrected chi connectivity index (χ2v) is 8.00. The summed E-state index contributed by atoms with van der Waals surface area (Å²) in [6.07, 6.45) is 7.32. The Balaban J connectivity index is 1.91. The number of rotatable bonds is 10. The molecule has 6 nitrogen and oxygen atoms in total. The average molecular weight is 378 g/mol. The van der Waals surface area contributed by atoms with Crippen molar-refractivity contribution < 1.29 is 28.6 Å². The molecule has 6 heteroatoms. The van der Waals surface area contributed by atoms with Crippen LogP contribution in [0.1, 0.15) is 59.3 Å². The fourth-order valence-corrected chi connectivity index (χ4v) is 3.51. The minimum absolute atomic E-state index is 0.0144. The molecule has 0 aromatic carbocycles. The summed E-state index contributed by atoms with van der Waals surface area (Å²) in [6.45, 7) is 9.32. The number of ether oxygens (including phenoxy) is 3. The highest BCUT2D eigenvalue weighted by molar-refractivity contribution is 5.88. The number of epoxide rings is 1. The van der Waals surface area contributed by atoms with Gasteiger partial charge in [-0.25, -0.2) is 4.79 Å². The van der Waals surface area contributed by atoms with E-state index in [9.17, 15) is 14.4 Å². The topological polar surface area (TPSA) is 82.2 Å². The average Bonchev–Trinajstić information content (AvgIpc) is 3.10. The van der Waals surface area contributed by atoms with Crippen molar-refractivity contribution in [3.05, 3.63) is 24.3 Å². The van der Waals surface area contributed by atoms with Crippen LogP contribution in [-0.2, 0) is 28.6 Å². The molecule has 0 radical (unpaired) electrons. The summed E-state index contributed by atoms with van der Waals surface area (Å²) in [4.78, 5) is 34.5. The molecule has 0 spiro atoms. The minimum atomic E-state index is -0.527. The van der Waals surface area contributed by atoms with Crippen LogP contribution in [0.5, 0.6) is 0 Å². The lowest BCUT2D eigenvalue weighted by atomic mass is 9.86. The van der Waals surface area contributed by atoms with Crippen molar-refractivity contribution in [2.75, 3.05) is 7.11 Å². The lowest BCUT2D eigenvalue weighted by Gasteiger charge is -2.18. The number of hydrogen-bond donors (Lipinski definition) is 0. The third-order valence-electron chi connectivity index (χ3n) is 5.49. The van der Waals surface area contributed by atoms with Gasteiger partial charge in [0, 0.05) is 24.8 Å². The summed E-state index contributed by atoms with van der Waals surface area (Å²) < 4.78 is 16.0. The Labute approximate surface area is 160 Å². The minimum Gasteiger partial charge on any atom is -0.466 e. The largest absolute Gasteiger partial charge is 0.466 e. The molecule has 0 bridgehead atoms. The van der Waals surface area contributed by atoms with Gasteiger partial charge in [0.15, 0.2) is 0 Å². The van der Waals surface area contributed by atoms with Crippen LogP contribution in [0.15, 0.2) is 24.3 Å². The zero-order chi connectivity index (χ0) is 20.2.